The Labute approximate surface area is 195 Å². The Hall–Kier alpha value is -3.53. The van der Waals surface area contributed by atoms with E-state index >= 15 is 0 Å². The van der Waals surface area contributed by atoms with Crippen LogP contribution in [0.1, 0.15) is 38.3 Å². The van der Waals surface area contributed by atoms with Gasteiger partial charge in [-0.2, -0.15) is 0 Å². The van der Waals surface area contributed by atoms with Gasteiger partial charge in [0, 0.05) is 34.7 Å². The van der Waals surface area contributed by atoms with E-state index in [1.165, 1.54) is 10.8 Å². The summed E-state index contributed by atoms with van der Waals surface area (Å²) in [6.07, 6.45) is 4.42. The highest BCUT2D eigenvalue weighted by atomic mass is 16.5. The molecule has 0 atom stereocenters. The van der Waals surface area contributed by atoms with Crippen LogP contribution < -0.4 is 10.1 Å². The molecule has 0 spiro atoms. The molecule has 170 valence electrons. The summed E-state index contributed by atoms with van der Waals surface area (Å²) in [7, 11) is 1.65. The van der Waals surface area contributed by atoms with Gasteiger partial charge in [-0.3, -0.25) is 4.79 Å². The molecule has 1 heterocycles. The van der Waals surface area contributed by atoms with Crippen LogP contribution in [0.3, 0.4) is 0 Å². The Morgan fingerprint density at radius 3 is 2.61 bits per heavy atom. The fraction of sp³-hybridized carbons (Fsp3) is 0.276. The van der Waals surface area contributed by atoms with E-state index < -0.39 is 0 Å². The number of nitrogens with one attached hydrogen (secondary N) is 1. The van der Waals surface area contributed by atoms with Gasteiger partial charge in [0.2, 0.25) is 5.91 Å². The van der Waals surface area contributed by atoms with E-state index in [-0.39, 0.29) is 5.91 Å². The van der Waals surface area contributed by atoms with Crippen LogP contribution in [0.25, 0.3) is 38.4 Å². The summed E-state index contributed by atoms with van der Waals surface area (Å²) in [6, 6.07) is 16.8. The van der Waals surface area contributed by atoms with Crippen LogP contribution in [0.5, 0.6) is 5.75 Å². The third-order valence-electron chi connectivity index (χ3n) is 6.10. The molecule has 4 heteroatoms. The molecule has 4 nitrogen and oxygen atoms in total. The predicted octanol–water partition coefficient (Wildman–Crippen LogP) is 7.14. The number of carbonyl (C=O) groups is 1. The van der Waals surface area contributed by atoms with Gasteiger partial charge in [0.15, 0.2) is 0 Å². The molecular weight excluding hydrogens is 410 g/mol. The summed E-state index contributed by atoms with van der Waals surface area (Å²) in [6.45, 7) is 8.90. The van der Waals surface area contributed by atoms with Crippen LogP contribution in [-0.4, -0.2) is 19.6 Å². The molecule has 0 saturated heterocycles. The Morgan fingerprint density at radius 1 is 1.12 bits per heavy atom. The summed E-state index contributed by atoms with van der Waals surface area (Å²) >= 11 is 0. The molecule has 0 unspecified atom stereocenters. The lowest BCUT2D eigenvalue weighted by atomic mass is 9.95. The molecule has 0 bridgehead atoms. The lowest BCUT2D eigenvalue weighted by molar-refractivity contribution is -0.116. The maximum Gasteiger partial charge on any atom is 0.244 e. The first kappa shape index (κ1) is 22.7. The van der Waals surface area contributed by atoms with E-state index in [2.05, 4.69) is 55.6 Å². The number of allylic oxidation sites excluding steroid dienone is 1. The molecule has 4 aromatic rings. The normalized spacial score (nSPS) is 12.0. The number of amides is 1. The van der Waals surface area contributed by atoms with Crippen LogP contribution in [0.15, 0.2) is 65.3 Å². The molecular formula is C29H31NO3. The first-order valence-corrected chi connectivity index (χ1v) is 11.4. The lowest BCUT2D eigenvalue weighted by Crippen LogP contribution is -2.23. The third-order valence-corrected chi connectivity index (χ3v) is 6.10. The van der Waals surface area contributed by atoms with Gasteiger partial charge in [-0.15, -0.1) is 0 Å². The number of aryl methyl sites for hydroxylation is 1. The second-order valence-corrected chi connectivity index (χ2v) is 8.97. The molecule has 1 aromatic heterocycles. The topological polar surface area (TPSA) is 51.5 Å². The Morgan fingerprint density at radius 2 is 1.88 bits per heavy atom. The smallest absolute Gasteiger partial charge is 0.244 e. The van der Waals surface area contributed by atoms with Gasteiger partial charge < -0.3 is 14.5 Å². The van der Waals surface area contributed by atoms with E-state index in [1.54, 1.807) is 13.2 Å². The van der Waals surface area contributed by atoms with E-state index in [0.29, 0.717) is 12.5 Å². The Bertz CT molecular complexity index is 1340. The number of benzene rings is 3. The molecule has 1 amide bonds. The number of furan rings is 1. The molecule has 0 aliphatic heterocycles. The monoisotopic (exact) mass is 441 g/mol. The molecule has 1 N–H and O–H groups in total. The molecule has 0 radical (unpaired) electrons. The summed E-state index contributed by atoms with van der Waals surface area (Å²) in [5, 5.41) is 6.37. The third kappa shape index (κ3) is 4.65. The van der Waals surface area contributed by atoms with Crippen molar-refractivity contribution in [1.82, 2.24) is 5.32 Å². The summed E-state index contributed by atoms with van der Waals surface area (Å²) < 4.78 is 11.7. The van der Waals surface area contributed by atoms with Crippen molar-refractivity contribution in [2.24, 2.45) is 5.92 Å². The average Bonchev–Trinajstić information content (AvgIpc) is 3.22. The predicted molar refractivity (Wildman–Crippen MR) is 137 cm³/mol. The van der Waals surface area contributed by atoms with Crippen molar-refractivity contribution in [3.8, 4) is 16.9 Å². The van der Waals surface area contributed by atoms with Crippen LogP contribution >= 0.6 is 0 Å². The Kier molecular flexibility index (Phi) is 6.55. The van der Waals surface area contributed by atoms with Crippen molar-refractivity contribution in [3.63, 3.8) is 0 Å². The number of methoxy groups -OCH3 is 1. The number of carbonyl (C=O) groups excluding carboxylic acids is 1. The van der Waals surface area contributed by atoms with Crippen molar-refractivity contribution in [3.05, 3.63) is 72.0 Å². The lowest BCUT2D eigenvalue weighted by Gasteiger charge is -2.13. The second-order valence-electron chi connectivity index (χ2n) is 8.97. The molecule has 3 aromatic carbocycles. The largest absolute Gasteiger partial charge is 0.496 e. The van der Waals surface area contributed by atoms with Gasteiger partial charge >= 0.3 is 0 Å². The van der Waals surface area contributed by atoms with Crippen molar-refractivity contribution >= 4 is 33.2 Å². The van der Waals surface area contributed by atoms with Gasteiger partial charge in [0.25, 0.3) is 0 Å². The summed E-state index contributed by atoms with van der Waals surface area (Å²) in [5.74, 6) is 1.19. The average molecular weight is 442 g/mol. The maximum atomic E-state index is 12.5. The minimum atomic E-state index is -0.0881. The quantitative estimate of drug-likeness (QED) is 0.310. The standard InChI is InChI=1S/C29H31NO3/c1-18(2)12-13-30-27(31)14-19(3)24-16-25-26(17-33-29(25)20(4)28(24)32-5)23-11-10-21-8-6-7-9-22(21)15-23/h6-11,14-18H,12-13H2,1-5H3,(H,30,31)/b19-14+. The van der Waals surface area contributed by atoms with Gasteiger partial charge in [-0.05, 0) is 60.2 Å². The fourth-order valence-electron chi connectivity index (χ4n) is 4.26. The van der Waals surface area contributed by atoms with Crippen LogP contribution in [0, 0.1) is 12.8 Å². The first-order chi connectivity index (χ1) is 15.9. The van der Waals surface area contributed by atoms with Crippen molar-refractivity contribution in [1.29, 1.82) is 0 Å². The number of rotatable bonds is 7. The van der Waals surface area contributed by atoms with Gasteiger partial charge in [0.05, 0.1) is 13.4 Å². The maximum absolute atomic E-state index is 12.5. The second kappa shape index (κ2) is 9.53. The van der Waals surface area contributed by atoms with E-state index in [4.69, 9.17) is 9.15 Å². The molecule has 0 aliphatic rings. The van der Waals surface area contributed by atoms with Gasteiger partial charge in [-0.25, -0.2) is 0 Å². The summed E-state index contributed by atoms with van der Waals surface area (Å²) in [5.41, 5.74) is 5.58. The van der Waals surface area contributed by atoms with Crippen molar-refractivity contribution in [2.75, 3.05) is 13.7 Å². The molecule has 0 fully saturated rings. The van der Waals surface area contributed by atoms with Crippen LogP contribution in [-0.2, 0) is 4.79 Å². The minimum absolute atomic E-state index is 0.0881. The SMILES string of the molecule is COc1c(/C(C)=C/C(=O)NCCC(C)C)cc2c(-c3ccc4ccccc4c3)coc2c1C. The van der Waals surface area contributed by atoms with Gasteiger partial charge in [-0.1, -0.05) is 50.2 Å². The molecule has 4 rings (SSSR count). The number of ether oxygens (including phenoxy) is 1. The fourth-order valence-corrected chi connectivity index (χ4v) is 4.26. The molecule has 33 heavy (non-hydrogen) atoms. The summed E-state index contributed by atoms with van der Waals surface area (Å²) in [4.78, 5) is 12.5. The highest BCUT2D eigenvalue weighted by Crippen LogP contribution is 2.41. The Balaban J connectivity index is 1.77. The van der Waals surface area contributed by atoms with Crippen LogP contribution in [0.2, 0.25) is 0 Å². The van der Waals surface area contributed by atoms with Gasteiger partial charge in [0.1, 0.15) is 11.3 Å². The zero-order chi connectivity index (χ0) is 23.5. The zero-order valence-corrected chi connectivity index (χ0v) is 20.0. The number of hydrogen-bond donors (Lipinski definition) is 1. The number of fused-ring (bicyclic) bond motifs is 2. The first-order valence-electron chi connectivity index (χ1n) is 11.4. The molecule has 0 saturated carbocycles. The minimum Gasteiger partial charge on any atom is -0.496 e. The highest BCUT2D eigenvalue weighted by molar-refractivity contribution is 6.02. The van der Waals surface area contributed by atoms with Crippen molar-refractivity contribution in [2.45, 2.75) is 34.1 Å². The van der Waals surface area contributed by atoms with Crippen LogP contribution in [0.4, 0.5) is 0 Å². The van der Waals surface area contributed by atoms with E-state index in [1.807, 2.05) is 32.2 Å². The molecule has 0 aliphatic carbocycles. The number of hydrogen-bond acceptors (Lipinski definition) is 3. The van der Waals surface area contributed by atoms with Crippen molar-refractivity contribution < 1.29 is 13.9 Å². The van der Waals surface area contributed by atoms with E-state index in [9.17, 15) is 4.79 Å². The highest BCUT2D eigenvalue weighted by Gasteiger charge is 2.19. The zero-order valence-electron chi connectivity index (χ0n) is 20.0. The van der Waals surface area contributed by atoms with E-state index in [0.717, 1.165) is 51.0 Å².